The first-order chi connectivity index (χ1) is 7.91. The van der Waals surface area contributed by atoms with Gasteiger partial charge in [0.15, 0.2) is 0 Å². The van der Waals surface area contributed by atoms with E-state index in [9.17, 15) is 13.5 Å². The van der Waals surface area contributed by atoms with Crippen LogP contribution in [-0.4, -0.2) is 37.0 Å². The van der Waals surface area contributed by atoms with E-state index in [4.69, 9.17) is 5.73 Å². The van der Waals surface area contributed by atoms with Crippen molar-refractivity contribution in [2.45, 2.75) is 24.3 Å². The number of anilines is 1. The Morgan fingerprint density at radius 1 is 1.47 bits per heavy atom. The van der Waals surface area contributed by atoms with E-state index < -0.39 is 16.1 Å². The van der Waals surface area contributed by atoms with Crippen molar-refractivity contribution in [2.75, 3.05) is 18.8 Å². The molecule has 1 aromatic carbocycles. The predicted octanol–water partition coefficient (Wildman–Crippen LogP) is 0.333. The second-order valence-electron chi connectivity index (χ2n) is 4.33. The summed E-state index contributed by atoms with van der Waals surface area (Å²) in [5.41, 5.74) is 6.77. The maximum absolute atomic E-state index is 12.3. The lowest BCUT2D eigenvalue weighted by Crippen LogP contribution is -2.30. The van der Waals surface area contributed by atoms with Crippen molar-refractivity contribution >= 4 is 15.7 Å². The summed E-state index contributed by atoms with van der Waals surface area (Å²) in [6, 6.07) is 4.73. The largest absolute Gasteiger partial charge is 0.399 e. The number of β-amino-alcohol motifs (C(OH)–C–C–N with tert-alkyl or cyclic N) is 1. The van der Waals surface area contributed by atoms with Gasteiger partial charge in [-0.1, -0.05) is 0 Å². The molecule has 6 heteroatoms. The summed E-state index contributed by atoms with van der Waals surface area (Å²) in [6.45, 7) is 2.26. The van der Waals surface area contributed by atoms with Crippen LogP contribution in [0, 0.1) is 6.92 Å². The van der Waals surface area contributed by atoms with Crippen LogP contribution in [0.25, 0.3) is 0 Å². The Labute approximate surface area is 101 Å². The number of nitrogens with two attached hydrogens (primary N) is 1. The Morgan fingerprint density at radius 2 is 2.18 bits per heavy atom. The minimum Gasteiger partial charge on any atom is -0.399 e. The number of rotatable bonds is 2. The lowest BCUT2D eigenvalue weighted by molar-refractivity contribution is 0.189. The second-order valence-corrected chi connectivity index (χ2v) is 6.24. The third kappa shape index (κ3) is 2.29. The molecule has 0 saturated carbocycles. The Bertz CT molecular complexity index is 528. The Morgan fingerprint density at radius 3 is 2.71 bits per heavy atom. The van der Waals surface area contributed by atoms with Gasteiger partial charge in [-0.25, -0.2) is 8.42 Å². The first-order valence-corrected chi connectivity index (χ1v) is 6.89. The van der Waals surface area contributed by atoms with Gasteiger partial charge in [0.05, 0.1) is 11.0 Å². The molecule has 0 aromatic heterocycles. The molecule has 1 saturated heterocycles. The van der Waals surface area contributed by atoms with E-state index in [0.717, 1.165) is 0 Å². The highest BCUT2D eigenvalue weighted by molar-refractivity contribution is 7.89. The molecule has 0 amide bonds. The van der Waals surface area contributed by atoms with Gasteiger partial charge in [-0.3, -0.25) is 0 Å². The van der Waals surface area contributed by atoms with Crippen molar-refractivity contribution in [3.63, 3.8) is 0 Å². The fourth-order valence-corrected chi connectivity index (χ4v) is 3.73. The Balaban J connectivity index is 2.38. The second kappa shape index (κ2) is 4.29. The van der Waals surface area contributed by atoms with Crippen LogP contribution in [0.4, 0.5) is 5.69 Å². The highest BCUT2D eigenvalue weighted by atomic mass is 32.2. The first-order valence-electron chi connectivity index (χ1n) is 5.45. The van der Waals surface area contributed by atoms with Crippen LogP contribution in [0.3, 0.4) is 0 Å². The predicted molar refractivity (Wildman–Crippen MR) is 65.0 cm³/mol. The van der Waals surface area contributed by atoms with Gasteiger partial charge in [0.2, 0.25) is 10.0 Å². The van der Waals surface area contributed by atoms with E-state index in [2.05, 4.69) is 0 Å². The fraction of sp³-hybridized carbons (Fsp3) is 0.455. The molecule has 2 rings (SSSR count). The number of benzene rings is 1. The van der Waals surface area contributed by atoms with Gasteiger partial charge in [0, 0.05) is 18.8 Å². The number of nitrogen functional groups attached to an aromatic ring is 1. The highest BCUT2D eigenvalue weighted by Gasteiger charge is 2.32. The van der Waals surface area contributed by atoms with Gasteiger partial charge in [0.25, 0.3) is 0 Å². The molecule has 1 fully saturated rings. The summed E-state index contributed by atoms with van der Waals surface area (Å²) in [6.07, 6.45) is -0.0633. The number of sulfonamides is 1. The highest BCUT2D eigenvalue weighted by Crippen LogP contribution is 2.24. The number of aryl methyl sites for hydroxylation is 1. The van der Waals surface area contributed by atoms with Gasteiger partial charge in [0.1, 0.15) is 0 Å². The molecule has 0 aliphatic carbocycles. The molecule has 0 radical (unpaired) electrons. The molecule has 1 aromatic rings. The molecule has 94 valence electrons. The molecule has 17 heavy (non-hydrogen) atoms. The van der Waals surface area contributed by atoms with E-state index >= 15 is 0 Å². The van der Waals surface area contributed by atoms with Crippen molar-refractivity contribution in [3.05, 3.63) is 23.8 Å². The normalized spacial score (nSPS) is 21.9. The quantitative estimate of drug-likeness (QED) is 0.747. The first kappa shape index (κ1) is 12.3. The molecule has 1 aliphatic rings. The maximum Gasteiger partial charge on any atom is 0.243 e. The van der Waals surface area contributed by atoms with Crippen molar-refractivity contribution in [1.29, 1.82) is 0 Å². The molecule has 5 nitrogen and oxygen atoms in total. The average Bonchev–Trinajstić information content (AvgIpc) is 2.64. The molecule has 1 heterocycles. The lowest BCUT2D eigenvalue weighted by atomic mass is 10.2. The van der Waals surface area contributed by atoms with E-state index in [-0.39, 0.29) is 11.4 Å². The van der Waals surface area contributed by atoms with Crippen molar-refractivity contribution < 1.29 is 13.5 Å². The summed E-state index contributed by atoms with van der Waals surface area (Å²) in [4.78, 5) is 0.265. The third-order valence-electron chi connectivity index (χ3n) is 2.94. The SMILES string of the molecule is Cc1cc(N)ccc1S(=O)(=O)N1CC[C@@H](O)C1. The molecule has 1 aliphatic heterocycles. The fourth-order valence-electron chi connectivity index (χ4n) is 2.03. The minimum atomic E-state index is -3.50. The van der Waals surface area contributed by atoms with Crippen LogP contribution in [0.15, 0.2) is 23.1 Å². The molecule has 0 unspecified atom stereocenters. The molecule has 1 atom stereocenters. The third-order valence-corrected chi connectivity index (χ3v) is 4.97. The van der Waals surface area contributed by atoms with E-state index in [1.807, 2.05) is 0 Å². The van der Waals surface area contributed by atoms with E-state index in [1.165, 1.54) is 10.4 Å². The summed E-state index contributed by atoms with van der Waals surface area (Å²) in [5.74, 6) is 0. The van der Waals surface area contributed by atoms with Crippen molar-refractivity contribution in [2.24, 2.45) is 0 Å². The summed E-state index contributed by atoms with van der Waals surface area (Å²) < 4.78 is 25.9. The number of hydrogen-bond donors (Lipinski definition) is 2. The van der Waals surface area contributed by atoms with Crippen LogP contribution >= 0.6 is 0 Å². The monoisotopic (exact) mass is 256 g/mol. The minimum absolute atomic E-state index is 0.173. The Kier molecular flexibility index (Phi) is 3.11. The number of aliphatic hydroxyl groups is 1. The maximum atomic E-state index is 12.3. The van der Waals surface area contributed by atoms with Gasteiger partial charge in [-0.2, -0.15) is 4.31 Å². The topological polar surface area (TPSA) is 83.6 Å². The lowest BCUT2D eigenvalue weighted by Gasteiger charge is -2.17. The van der Waals surface area contributed by atoms with E-state index in [0.29, 0.717) is 24.2 Å². The van der Waals surface area contributed by atoms with Crippen molar-refractivity contribution in [3.8, 4) is 0 Å². The molecule has 0 spiro atoms. The van der Waals surface area contributed by atoms with Gasteiger partial charge in [-0.05, 0) is 37.1 Å². The smallest absolute Gasteiger partial charge is 0.243 e. The van der Waals surface area contributed by atoms with Gasteiger partial charge < -0.3 is 10.8 Å². The van der Waals surface area contributed by atoms with Crippen LogP contribution in [-0.2, 0) is 10.0 Å². The molecule has 0 bridgehead atoms. The number of hydrogen-bond acceptors (Lipinski definition) is 4. The molecular formula is C11H16N2O3S. The Hall–Kier alpha value is -1.11. The van der Waals surface area contributed by atoms with Gasteiger partial charge in [-0.15, -0.1) is 0 Å². The average molecular weight is 256 g/mol. The summed E-state index contributed by atoms with van der Waals surface area (Å²) >= 11 is 0. The number of nitrogens with zero attached hydrogens (tertiary/aromatic N) is 1. The van der Waals surface area contributed by atoms with Crippen LogP contribution < -0.4 is 5.73 Å². The summed E-state index contributed by atoms with van der Waals surface area (Å²) in [7, 11) is -3.50. The number of aliphatic hydroxyl groups excluding tert-OH is 1. The van der Waals surface area contributed by atoms with Crippen LogP contribution in [0.2, 0.25) is 0 Å². The zero-order valence-corrected chi connectivity index (χ0v) is 10.4. The van der Waals surface area contributed by atoms with Crippen LogP contribution in [0.1, 0.15) is 12.0 Å². The molecule has 3 N–H and O–H groups in total. The zero-order valence-electron chi connectivity index (χ0n) is 9.63. The molecular weight excluding hydrogens is 240 g/mol. The zero-order chi connectivity index (χ0) is 12.6. The van der Waals surface area contributed by atoms with Gasteiger partial charge >= 0.3 is 0 Å². The van der Waals surface area contributed by atoms with Crippen LogP contribution in [0.5, 0.6) is 0 Å². The van der Waals surface area contributed by atoms with Crippen molar-refractivity contribution in [1.82, 2.24) is 4.31 Å². The summed E-state index contributed by atoms with van der Waals surface area (Å²) in [5, 5.41) is 9.40. The standard InChI is InChI=1S/C11H16N2O3S/c1-8-6-9(12)2-3-11(8)17(15,16)13-5-4-10(14)7-13/h2-3,6,10,14H,4-5,7,12H2,1H3/t10-/m1/s1. The van der Waals surface area contributed by atoms with E-state index in [1.54, 1.807) is 19.1 Å².